The van der Waals surface area contributed by atoms with E-state index >= 15 is 0 Å². The first-order valence-electron chi connectivity index (χ1n) is 7.53. The maximum atomic E-state index is 12.0. The smallest absolute Gasteiger partial charge is 0.297 e. The Balaban J connectivity index is 2.54. The highest BCUT2D eigenvalue weighted by atomic mass is 32.2. The average Bonchev–Trinajstić information content (AvgIpc) is 2.51. The van der Waals surface area contributed by atoms with E-state index in [1.807, 2.05) is 6.92 Å². The molecule has 0 fully saturated rings. The van der Waals surface area contributed by atoms with E-state index in [9.17, 15) is 13.2 Å². The van der Waals surface area contributed by atoms with E-state index in [2.05, 4.69) is 13.8 Å². The Labute approximate surface area is 132 Å². The fraction of sp³-hybridized carbons (Fsp3) is 0.562. The number of Topliss-reactive ketones (excluding diaryl/α,β-unsaturated/α-hetero) is 1. The van der Waals surface area contributed by atoms with Crippen LogP contribution in [0.4, 0.5) is 0 Å². The van der Waals surface area contributed by atoms with Crippen molar-refractivity contribution in [2.24, 2.45) is 5.92 Å². The maximum absolute atomic E-state index is 12.0. The van der Waals surface area contributed by atoms with E-state index in [1.165, 1.54) is 12.1 Å². The van der Waals surface area contributed by atoms with Gasteiger partial charge in [0, 0.05) is 6.42 Å². The number of rotatable bonds is 10. The largest absolute Gasteiger partial charge is 0.494 e. The topological polar surface area (TPSA) is 69.7 Å². The molecule has 0 spiro atoms. The molecule has 0 aliphatic heterocycles. The van der Waals surface area contributed by atoms with Crippen LogP contribution in [-0.4, -0.2) is 27.4 Å². The molecule has 1 unspecified atom stereocenters. The summed E-state index contributed by atoms with van der Waals surface area (Å²) in [5, 5.41) is 0. The second-order valence-corrected chi connectivity index (χ2v) is 6.83. The van der Waals surface area contributed by atoms with Crippen molar-refractivity contribution in [1.82, 2.24) is 0 Å². The highest BCUT2D eigenvalue weighted by Gasteiger charge is 2.17. The van der Waals surface area contributed by atoms with Crippen LogP contribution in [0.2, 0.25) is 0 Å². The molecule has 6 heteroatoms. The third kappa shape index (κ3) is 6.15. The minimum absolute atomic E-state index is 0.0191. The second-order valence-electron chi connectivity index (χ2n) is 5.21. The minimum atomic E-state index is -3.91. The molecule has 0 N–H and O–H groups in total. The zero-order valence-electron chi connectivity index (χ0n) is 13.4. The van der Waals surface area contributed by atoms with Gasteiger partial charge in [0.2, 0.25) is 0 Å². The fourth-order valence-electron chi connectivity index (χ4n) is 1.76. The number of ketones is 1. The Bertz CT molecular complexity index is 563. The van der Waals surface area contributed by atoms with Gasteiger partial charge >= 0.3 is 0 Å². The number of ether oxygens (including phenoxy) is 1. The van der Waals surface area contributed by atoms with Gasteiger partial charge in [0.25, 0.3) is 10.1 Å². The van der Waals surface area contributed by atoms with Gasteiger partial charge in [-0.25, -0.2) is 0 Å². The van der Waals surface area contributed by atoms with Crippen molar-refractivity contribution in [3.63, 3.8) is 0 Å². The van der Waals surface area contributed by atoms with E-state index in [0.29, 0.717) is 24.7 Å². The SMILES string of the molecule is CCOc1ccc(S(=O)(=O)OCC(=O)CCC(C)CC)cc1. The first-order chi connectivity index (χ1) is 10.4. The quantitative estimate of drug-likeness (QED) is 0.617. The van der Waals surface area contributed by atoms with Gasteiger partial charge in [-0.2, -0.15) is 8.42 Å². The molecule has 0 saturated carbocycles. The molecule has 0 bridgehead atoms. The van der Waals surface area contributed by atoms with Gasteiger partial charge in [-0.05, 0) is 43.5 Å². The van der Waals surface area contributed by atoms with E-state index in [4.69, 9.17) is 8.92 Å². The van der Waals surface area contributed by atoms with Crippen LogP contribution in [0, 0.1) is 5.92 Å². The molecule has 0 aliphatic rings. The summed E-state index contributed by atoms with van der Waals surface area (Å²) in [7, 11) is -3.91. The molecule has 22 heavy (non-hydrogen) atoms. The third-order valence-electron chi connectivity index (χ3n) is 3.41. The molecule has 1 aromatic rings. The molecule has 0 aromatic heterocycles. The average molecular weight is 328 g/mol. The Morgan fingerprint density at radius 3 is 2.36 bits per heavy atom. The Morgan fingerprint density at radius 2 is 1.82 bits per heavy atom. The van der Waals surface area contributed by atoms with Crippen molar-refractivity contribution in [1.29, 1.82) is 0 Å². The molecule has 1 rings (SSSR count). The summed E-state index contributed by atoms with van der Waals surface area (Å²) >= 11 is 0. The second kappa shape index (κ2) is 8.90. The lowest BCUT2D eigenvalue weighted by Gasteiger charge is -2.08. The zero-order chi connectivity index (χ0) is 16.6. The van der Waals surface area contributed by atoms with Crippen LogP contribution in [0.5, 0.6) is 5.75 Å². The lowest BCUT2D eigenvalue weighted by Crippen LogP contribution is -2.15. The van der Waals surface area contributed by atoms with Crippen LogP contribution in [0.25, 0.3) is 0 Å². The molecule has 0 aliphatic carbocycles. The molecule has 0 saturated heterocycles. The normalized spacial score (nSPS) is 12.9. The number of benzene rings is 1. The van der Waals surface area contributed by atoms with E-state index < -0.39 is 16.7 Å². The molecule has 124 valence electrons. The molecule has 0 amide bonds. The predicted molar refractivity (Wildman–Crippen MR) is 84.4 cm³/mol. The van der Waals surface area contributed by atoms with E-state index in [0.717, 1.165) is 12.8 Å². The van der Waals surface area contributed by atoms with Crippen LogP contribution < -0.4 is 4.74 Å². The van der Waals surface area contributed by atoms with Crippen molar-refractivity contribution in [3.05, 3.63) is 24.3 Å². The minimum Gasteiger partial charge on any atom is -0.494 e. The van der Waals surface area contributed by atoms with Crippen LogP contribution in [0.1, 0.15) is 40.0 Å². The highest BCUT2D eigenvalue weighted by molar-refractivity contribution is 7.86. The molecule has 0 heterocycles. The standard InChI is InChI=1S/C16H24O5S/c1-4-13(3)6-7-14(17)12-21-22(18,19)16-10-8-15(9-11-16)20-5-2/h8-11,13H,4-7,12H2,1-3H3. The van der Waals surface area contributed by atoms with E-state index in [-0.39, 0.29) is 10.7 Å². The van der Waals surface area contributed by atoms with Gasteiger partial charge in [-0.15, -0.1) is 0 Å². The Morgan fingerprint density at radius 1 is 1.18 bits per heavy atom. The van der Waals surface area contributed by atoms with Gasteiger partial charge in [0.05, 0.1) is 11.5 Å². The van der Waals surface area contributed by atoms with Crippen LogP contribution in [-0.2, 0) is 19.1 Å². The molecule has 1 atom stereocenters. The summed E-state index contributed by atoms with van der Waals surface area (Å²) < 4.78 is 34.0. The van der Waals surface area contributed by atoms with Crippen LogP contribution >= 0.6 is 0 Å². The Hall–Kier alpha value is -1.40. The van der Waals surface area contributed by atoms with Gasteiger partial charge in [0.1, 0.15) is 12.4 Å². The first kappa shape index (κ1) is 18.6. The van der Waals surface area contributed by atoms with Crippen molar-refractivity contribution in [2.75, 3.05) is 13.2 Å². The van der Waals surface area contributed by atoms with Crippen LogP contribution in [0.15, 0.2) is 29.2 Å². The van der Waals surface area contributed by atoms with Crippen molar-refractivity contribution in [3.8, 4) is 5.75 Å². The van der Waals surface area contributed by atoms with Crippen molar-refractivity contribution >= 4 is 15.9 Å². The third-order valence-corrected chi connectivity index (χ3v) is 4.69. The van der Waals surface area contributed by atoms with Crippen molar-refractivity contribution in [2.45, 2.75) is 44.9 Å². The lowest BCUT2D eigenvalue weighted by molar-refractivity contribution is -0.121. The lowest BCUT2D eigenvalue weighted by atomic mass is 10.0. The number of carbonyl (C=O) groups excluding carboxylic acids is 1. The molecular formula is C16H24O5S. The highest BCUT2D eigenvalue weighted by Crippen LogP contribution is 2.18. The van der Waals surface area contributed by atoms with Crippen LogP contribution in [0.3, 0.4) is 0 Å². The first-order valence-corrected chi connectivity index (χ1v) is 8.93. The summed E-state index contributed by atoms with van der Waals surface area (Å²) in [4.78, 5) is 11.7. The monoisotopic (exact) mass is 328 g/mol. The summed E-state index contributed by atoms with van der Waals surface area (Å²) in [5.74, 6) is 0.840. The Kier molecular flexibility index (Phi) is 7.55. The zero-order valence-corrected chi connectivity index (χ0v) is 14.2. The summed E-state index contributed by atoms with van der Waals surface area (Å²) in [6, 6.07) is 5.93. The summed E-state index contributed by atoms with van der Waals surface area (Å²) in [5.41, 5.74) is 0. The number of carbonyl (C=O) groups is 1. The van der Waals surface area contributed by atoms with Crippen molar-refractivity contribution < 1.29 is 22.1 Å². The molecular weight excluding hydrogens is 304 g/mol. The molecule has 0 radical (unpaired) electrons. The van der Waals surface area contributed by atoms with E-state index in [1.54, 1.807) is 12.1 Å². The summed E-state index contributed by atoms with van der Waals surface area (Å²) in [6.07, 6.45) is 2.09. The van der Waals surface area contributed by atoms with Gasteiger partial charge < -0.3 is 4.74 Å². The fourth-order valence-corrected chi connectivity index (χ4v) is 2.66. The molecule has 1 aromatic carbocycles. The van der Waals surface area contributed by atoms with Gasteiger partial charge in [-0.3, -0.25) is 8.98 Å². The predicted octanol–water partition coefficient (Wildman–Crippen LogP) is 3.19. The van der Waals surface area contributed by atoms with Gasteiger partial charge in [0.15, 0.2) is 5.78 Å². The number of hydrogen-bond acceptors (Lipinski definition) is 5. The number of hydrogen-bond donors (Lipinski definition) is 0. The van der Waals surface area contributed by atoms with Gasteiger partial charge in [-0.1, -0.05) is 20.3 Å². The summed E-state index contributed by atoms with van der Waals surface area (Å²) in [6.45, 7) is 6.06. The maximum Gasteiger partial charge on any atom is 0.297 e. The molecule has 5 nitrogen and oxygen atoms in total.